The van der Waals surface area contributed by atoms with Crippen LogP contribution in [0.15, 0.2) is 0 Å². The minimum atomic E-state index is -0.965. The van der Waals surface area contributed by atoms with Crippen molar-refractivity contribution in [3.05, 3.63) is 0 Å². The van der Waals surface area contributed by atoms with E-state index in [0.717, 1.165) is 12.8 Å². The Balaban J connectivity index is 3.85. The molecule has 0 rings (SSSR count). The average Bonchev–Trinajstić information content (AvgIpc) is 2.10. The second-order valence-electron chi connectivity index (χ2n) is 2.52. The summed E-state index contributed by atoms with van der Waals surface area (Å²) in [6, 6.07) is -0.715. The van der Waals surface area contributed by atoms with E-state index in [1.165, 1.54) is 0 Å². The number of nitrogens with two attached hydrogens (primary N) is 1. The van der Waals surface area contributed by atoms with Crippen LogP contribution in [0.3, 0.4) is 0 Å². The fourth-order valence-electron chi connectivity index (χ4n) is 0.854. The van der Waals surface area contributed by atoms with Crippen molar-refractivity contribution in [2.45, 2.75) is 25.3 Å². The molecule has 0 aliphatic heterocycles. The van der Waals surface area contributed by atoms with Crippen LogP contribution in [0.25, 0.3) is 0 Å². The van der Waals surface area contributed by atoms with Crippen molar-refractivity contribution in [2.75, 3.05) is 6.54 Å². The number of unbranched alkanes of at least 4 members (excludes halogenated alkanes) is 1. The normalized spacial score (nSPS) is 11.8. The van der Waals surface area contributed by atoms with E-state index in [0.29, 0.717) is 13.0 Å². The van der Waals surface area contributed by atoms with Crippen LogP contribution in [0.4, 0.5) is 0 Å². The van der Waals surface area contributed by atoms with Crippen LogP contribution in [-0.4, -0.2) is 23.7 Å². The topological polar surface area (TPSA) is 92.4 Å². The van der Waals surface area contributed by atoms with Crippen molar-refractivity contribution in [3.8, 4) is 5.75 Å². The van der Waals surface area contributed by atoms with Gasteiger partial charge in [0.15, 0.2) is 0 Å². The number of aliphatic carboxylic acids is 1. The molecule has 0 aromatic rings. The van der Waals surface area contributed by atoms with Gasteiger partial charge in [-0.05, 0) is 0 Å². The molecule has 74 valence electrons. The summed E-state index contributed by atoms with van der Waals surface area (Å²) in [6.07, 6.45) is 1.99. The van der Waals surface area contributed by atoms with Crippen molar-refractivity contribution in [2.24, 2.45) is 5.73 Å². The summed E-state index contributed by atoms with van der Waals surface area (Å²) in [6.45, 7) is 0.555. The monoisotopic (exact) mass is 204 g/mol. The molecule has 13 heavy (non-hydrogen) atoms. The van der Waals surface area contributed by atoms with E-state index in [9.17, 15) is 9.36 Å². The van der Waals surface area contributed by atoms with Gasteiger partial charge in [-0.1, -0.05) is 0 Å². The number of carbonyl (C=O) groups is 1. The van der Waals surface area contributed by atoms with Crippen LogP contribution in [0.5, 0.6) is 0 Å². The Morgan fingerprint density at radius 2 is 2.31 bits per heavy atom. The van der Waals surface area contributed by atoms with E-state index < -0.39 is 12.0 Å². The molecule has 0 aliphatic rings. The van der Waals surface area contributed by atoms with Gasteiger partial charge >= 0.3 is 77.0 Å². The predicted molar refractivity (Wildman–Crippen MR) is 49.0 cm³/mol. The fourth-order valence-corrected chi connectivity index (χ4v) is 1.06. The first-order valence-corrected chi connectivity index (χ1v) is 4.79. The molecular weight excluding hydrogens is 191 g/mol. The van der Waals surface area contributed by atoms with Crippen LogP contribution in [0.1, 0.15) is 19.3 Å². The van der Waals surface area contributed by atoms with Crippen LogP contribution in [0.2, 0.25) is 0 Å². The predicted octanol–water partition coefficient (Wildman–Crippen LogP) is 0.367. The first-order valence-electron chi connectivity index (χ1n) is 3.98. The Hall–Kier alpha value is -0.600. The van der Waals surface area contributed by atoms with Crippen molar-refractivity contribution in [1.82, 2.24) is 5.32 Å². The SMILES string of the molecule is NCCCC[C@H](NC#P=O)C(=O)O. The summed E-state index contributed by atoms with van der Waals surface area (Å²) in [7, 11) is -0.332. The molecule has 0 spiro atoms. The van der Waals surface area contributed by atoms with E-state index in [4.69, 9.17) is 10.8 Å². The van der Waals surface area contributed by atoms with Gasteiger partial charge in [0.2, 0.25) is 0 Å². The van der Waals surface area contributed by atoms with Crippen LogP contribution in [0, 0.1) is 5.75 Å². The van der Waals surface area contributed by atoms with E-state index in [-0.39, 0.29) is 7.92 Å². The van der Waals surface area contributed by atoms with Gasteiger partial charge in [0.05, 0.1) is 0 Å². The Morgan fingerprint density at radius 3 is 2.77 bits per heavy atom. The van der Waals surface area contributed by atoms with Crippen molar-refractivity contribution < 1.29 is 14.5 Å². The zero-order chi connectivity index (χ0) is 10.1. The molecule has 0 unspecified atom stereocenters. The molecule has 0 aromatic heterocycles. The third-order valence-electron chi connectivity index (χ3n) is 1.53. The summed E-state index contributed by atoms with van der Waals surface area (Å²) in [5.74, 6) is 1.25. The molecule has 1 atom stereocenters. The molecule has 0 saturated carbocycles. The molecule has 0 saturated heterocycles. The number of hydrogen-bond acceptors (Lipinski definition) is 4. The van der Waals surface area contributed by atoms with Gasteiger partial charge in [-0.15, -0.1) is 0 Å². The van der Waals surface area contributed by atoms with Gasteiger partial charge in [0.25, 0.3) is 0 Å². The number of rotatable bonds is 6. The Morgan fingerprint density at radius 1 is 1.62 bits per heavy atom. The molecular formula is C7H13N2O3P. The number of hydrogen-bond donors (Lipinski definition) is 3. The van der Waals surface area contributed by atoms with Gasteiger partial charge in [-0.2, -0.15) is 0 Å². The first-order chi connectivity index (χ1) is 6.22. The van der Waals surface area contributed by atoms with E-state index >= 15 is 0 Å². The summed E-state index contributed by atoms with van der Waals surface area (Å²) in [4.78, 5) is 10.6. The zero-order valence-electron chi connectivity index (χ0n) is 7.19. The third-order valence-corrected chi connectivity index (χ3v) is 1.75. The summed E-state index contributed by atoms with van der Waals surface area (Å²) in [5, 5.41) is 11.1. The van der Waals surface area contributed by atoms with Crippen LogP contribution in [-0.2, 0) is 9.36 Å². The van der Waals surface area contributed by atoms with E-state index in [1.54, 1.807) is 0 Å². The summed E-state index contributed by atoms with van der Waals surface area (Å²) < 4.78 is 9.97. The van der Waals surface area contributed by atoms with Crippen molar-refractivity contribution in [3.63, 3.8) is 0 Å². The molecule has 0 fully saturated rings. The molecule has 5 nitrogen and oxygen atoms in total. The molecule has 0 heterocycles. The quantitative estimate of drug-likeness (QED) is 0.330. The van der Waals surface area contributed by atoms with Gasteiger partial charge in [0.1, 0.15) is 0 Å². The Labute approximate surface area is 77.8 Å². The average molecular weight is 204 g/mol. The molecule has 4 N–H and O–H groups in total. The standard InChI is InChI=1S/C7H13N2O3P/c8-4-2-1-3-6(7(10)11)9-5-13-12/h6,9H,1-4,8H2,(H,10,11)/t6-/m0/s1. The summed E-state index contributed by atoms with van der Waals surface area (Å²) in [5.41, 5.74) is 5.26. The van der Waals surface area contributed by atoms with Gasteiger partial charge in [-0.3, -0.25) is 0 Å². The molecule has 0 aromatic carbocycles. The molecule has 0 radical (unpaired) electrons. The number of nitrogens with one attached hydrogen (secondary N) is 1. The van der Waals surface area contributed by atoms with Gasteiger partial charge in [0, 0.05) is 0 Å². The van der Waals surface area contributed by atoms with Crippen molar-refractivity contribution >= 4 is 13.9 Å². The van der Waals surface area contributed by atoms with Crippen LogP contribution < -0.4 is 11.1 Å². The second kappa shape index (κ2) is 8.02. The fraction of sp³-hybridized carbons (Fsp3) is 0.714. The molecule has 0 amide bonds. The van der Waals surface area contributed by atoms with Gasteiger partial charge < -0.3 is 0 Å². The molecule has 0 aliphatic carbocycles. The molecule has 6 heteroatoms. The second-order valence-corrected chi connectivity index (χ2v) is 2.93. The third kappa shape index (κ3) is 6.55. The Kier molecular flexibility index (Phi) is 7.65. The maximum atomic E-state index is 10.6. The maximum absolute atomic E-state index is 10.6. The van der Waals surface area contributed by atoms with Gasteiger partial charge in [-0.25, -0.2) is 0 Å². The minimum absolute atomic E-state index is 0.332. The molecule has 0 bridgehead atoms. The number of carboxylic acids is 1. The summed E-state index contributed by atoms with van der Waals surface area (Å²) >= 11 is 0. The first kappa shape index (κ1) is 12.4. The Bertz CT molecular complexity index is 249. The number of carboxylic acid groups (broad SMARTS) is 1. The van der Waals surface area contributed by atoms with E-state index in [1.807, 2.05) is 0 Å². The van der Waals surface area contributed by atoms with Crippen LogP contribution >= 0.6 is 7.92 Å². The zero-order valence-corrected chi connectivity index (χ0v) is 8.09. The van der Waals surface area contributed by atoms with E-state index in [2.05, 4.69) is 11.1 Å². The van der Waals surface area contributed by atoms with Crippen molar-refractivity contribution in [1.29, 1.82) is 0 Å².